The van der Waals surface area contributed by atoms with E-state index in [1.165, 1.54) is 5.56 Å². The van der Waals surface area contributed by atoms with Crippen LogP contribution in [0.15, 0.2) is 66.9 Å². The minimum absolute atomic E-state index is 0.204. The van der Waals surface area contributed by atoms with Crippen LogP contribution in [0.25, 0.3) is 0 Å². The maximum absolute atomic E-state index is 12.3. The first-order valence-electron chi connectivity index (χ1n) is 9.39. The SMILES string of the molecule is CCOc1ccc(Nc2nccc(C(=O)NCCCc3ccccc3)n2)cc1. The van der Waals surface area contributed by atoms with E-state index in [-0.39, 0.29) is 5.91 Å². The number of nitrogens with one attached hydrogen (secondary N) is 2. The van der Waals surface area contributed by atoms with Gasteiger partial charge in [-0.1, -0.05) is 30.3 Å². The second-order valence-corrected chi connectivity index (χ2v) is 6.19. The van der Waals surface area contributed by atoms with Crippen LogP contribution in [0.5, 0.6) is 5.75 Å². The molecule has 6 heteroatoms. The Labute approximate surface area is 165 Å². The smallest absolute Gasteiger partial charge is 0.270 e. The van der Waals surface area contributed by atoms with Crippen LogP contribution in [0, 0.1) is 0 Å². The molecule has 1 aromatic heterocycles. The van der Waals surface area contributed by atoms with Crippen molar-refractivity contribution in [1.29, 1.82) is 0 Å². The molecule has 0 aliphatic rings. The van der Waals surface area contributed by atoms with Gasteiger partial charge in [-0.3, -0.25) is 4.79 Å². The summed E-state index contributed by atoms with van der Waals surface area (Å²) >= 11 is 0. The third kappa shape index (κ3) is 5.81. The Balaban J connectivity index is 1.51. The highest BCUT2D eigenvalue weighted by atomic mass is 16.5. The van der Waals surface area contributed by atoms with E-state index in [1.54, 1.807) is 12.3 Å². The molecule has 3 rings (SSSR count). The Bertz CT molecular complexity index is 883. The maximum atomic E-state index is 12.3. The number of carbonyl (C=O) groups is 1. The fraction of sp³-hybridized carbons (Fsp3) is 0.227. The molecule has 2 N–H and O–H groups in total. The summed E-state index contributed by atoms with van der Waals surface area (Å²) in [5.74, 6) is 0.976. The number of rotatable bonds is 9. The van der Waals surface area contributed by atoms with E-state index in [0.717, 1.165) is 24.3 Å². The summed E-state index contributed by atoms with van der Waals surface area (Å²) in [4.78, 5) is 20.8. The molecule has 2 aromatic carbocycles. The molecule has 0 fully saturated rings. The van der Waals surface area contributed by atoms with Crippen molar-refractivity contribution in [3.8, 4) is 5.75 Å². The molecule has 1 heterocycles. The number of carbonyl (C=O) groups excluding carboxylic acids is 1. The normalized spacial score (nSPS) is 10.3. The average Bonchev–Trinajstić information content (AvgIpc) is 2.74. The number of aromatic nitrogens is 2. The molecule has 3 aromatic rings. The summed E-state index contributed by atoms with van der Waals surface area (Å²) in [5.41, 5.74) is 2.42. The van der Waals surface area contributed by atoms with Crippen LogP contribution in [0.3, 0.4) is 0 Å². The van der Waals surface area contributed by atoms with Gasteiger partial charge in [0.15, 0.2) is 0 Å². The van der Waals surface area contributed by atoms with Crippen molar-refractivity contribution in [2.75, 3.05) is 18.5 Å². The number of ether oxygens (including phenoxy) is 1. The van der Waals surface area contributed by atoms with E-state index in [9.17, 15) is 4.79 Å². The van der Waals surface area contributed by atoms with Gasteiger partial charge < -0.3 is 15.4 Å². The predicted octanol–water partition coefficient (Wildman–Crippen LogP) is 3.98. The van der Waals surface area contributed by atoms with Crippen LogP contribution in [0.4, 0.5) is 11.6 Å². The van der Waals surface area contributed by atoms with Crippen LogP contribution < -0.4 is 15.4 Å². The minimum atomic E-state index is -0.204. The number of anilines is 2. The van der Waals surface area contributed by atoms with Crippen molar-refractivity contribution >= 4 is 17.5 Å². The molecular formula is C22H24N4O2. The molecule has 0 bridgehead atoms. The number of hydrogen-bond donors (Lipinski definition) is 2. The van der Waals surface area contributed by atoms with E-state index in [1.807, 2.05) is 49.4 Å². The van der Waals surface area contributed by atoms with Crippen LogP contribution in [-0.2, 0) is 6.42 Å². The predicted molar refractivity (Wildman–Crippen MR) is 110 cm³/mol. The minimum Gasteiger partial charge on any atom is -0.494 e. The summed E-state index contributed by atoms with van der Waals surface area (Å²) < 4.78 is 5.42. The first-order chi connectivity index (χ1) is 13.7. The lowest BCUT2D eigenvalue weighted by Crippen LogP contribution is -2.26. The number of nitrogens with zero attached hydrogens (tertiary/aromatic N) is 2. The molecule has 0 aliphatic carbocycles. The van der Waals surface area contributed by atoms with Gasteiger partial charge in [0.25, 0.3) is 5.91 Å². The zero-order chi connectivity index (χ0) is 19.6. The number of amides is 1. The first kappa shape index (κ1) is 19.4. The molecule has 1 amide bonds. The Hall–Kier alpha value is -3.41. The summed E-state index contributed by atoms with van der Waals surface area (Å²) in [6.07, 6.45) is 3.37. The van der Waals surface area contributed by atoms with Gasteiger partial charge in [-0.15, -0.1) is 0 Å². The molecule has 0 saturated heterocycles. The van der Waals surface area contributed by atoms with Crippen molar-refractivity contribution < 1.29 is 9.53 Å². The van der Waals surface area contributed by atoms with Crippen LogP contribution >= 0.6 is 0 Å². The van der Waals surface area contributed by atoms with Gasteiger partial charge >= 0.3 is 0 Å². The molecule has 0 atom stereocenters. The van der Waals surface area contributed by atoms with Gasteiger partial charge in [-0.25, -0.2) is 9.97 Å². The second kappa shape index (κ2) is 10.1. The average molecular weight is 376 g/mol. The molecule has 0 radical (unpaired) electrons. The van der Waals surface area contributed by atoms with E-state index in [0.29, 0.717) is 24.8 Å². The molecule has 144 valence electrons. The second-order valence-electron chi connectivity index (χ2n) is 6.19. The number of benzene rings is 2. The summed E-state index contributed by atoms with van der Waals surface area (Å²) in [5, 5.41) is 6.01. The lowest BCUT2D eigenvalue weighted by molar-refractivity contribution is 0.0948. The third-order valence-electron chi connectivity index (χ3n) is 4.08. The van der Waals surface area contributed by atoms with E-state index in [2.05, 4.69) is 32.7 Å². The monoisotopic (exact) mass is 376 g/mol. The molecule has 28 heavy (non-hydrogen) atoms. The van der Waals surface area contributed by atoms with Crippen molar-refractivity contribution in [1.82, 2.24) is 15.3 Å². The van der Waals surface area contributed by atoms with Crippen LogP contribution in [-0.4, -0.2) is 29.0 Å². The Morgan fingerprint density at radius 3 is 2.57 bits per heavy atom. The summed E-state index contributed by atoms with van der Waals surface area (Å²) in [6, 6.07) is 19.3. The Morgan fingerprint density at radius 1 is 1.04 bits per heavy atom. The van der Waals surface area contributed by atoms with E-state index >= 15 is 0 Å². The van der Waals surface area contributed by atoms with Gasteiger partial charge in [-0.05, 0) is 55.7 Å². The molecule has 0 saturated carbocycles. The lowest BCUT2D eigenvalue weighted by atomic mass is 10.1. The highest BCUT2D eigenvalue weighted by molar-refractivity contribution is 5.92. The van der Waals surface area contributed by atoms with Crippen LogP contribution in [0.1, 0.15) is 29.4 Å². The molecule has 0 spiro atoms. The van der Waals surface area contributed by atoms with Crippen molar-refractivity contribution in [2.24, 2.45) is 0 Å². The first-order valence-corrected chi connectivity index (χ1v) is 9.39. The van der Waals surface area contributed by atoms with E-state index < -0.39 is 0 Å². The quantitative estimate of drug-likeness (QED) is 0.553. The maximum Gasteiger partial charge on any atom is 0.270 e. The van der Waals surface area contributed by atoms with Crippen molar-refractivity contribution in [2.45, 2.75) is 19.8 Å². The highest BCUT2D eigenvalue weighted by Crippen LogP contribution is 2.18. The molecule has 6 nitrogen and oxygen atoms in total. The fourth-order valence-electron chi connectivity index (χ4n) is 2.71. The number of hydrogen-bond acceptors (Lipinski definition) is 5. The molecular weight excluding hydrogens is 352 g/mol. The topological polar surface area (TPSA) is 76.1 Å². The number of aryl methyl sites for hydroxylation is 1. The standard InChI is InChI=1S/C22H24N4O2/c1-2-28-19-12-10-18(11-13-19)25-22-24-16-14-20(26-22)21(27)23-15-6-9-17-7-4-3-5-8-17/h3-5,7-8,10-14,16H,2,6,9,15H2,1H3,(H,23,27)(H,24,25,26). The molecule has 0 aliphatic heterocycles. The van der Waals surface area contributed by atoms with Crippen molar-refractivity contribution in [3.05, 3.63) is 78.1 Å². The van der Waals surface area contributed by atoms with Gasteiger partial charge in [0.05, 0.1) is 6.61 Å². The van der Waals surface area contributed by atoms with Gasteiger partial charge in [-0.2, -0.15) is 0 Å². The van der Waals surface area contributed by atoms with E-state index in [4.69, 9.17) is 4.74 Å². The summed E-state index contributed by atoms with van der Waals surface area (Å²) in [6.45, 7) is 3.16. The largest absolute Gasteiger partial charge is 0.494 e. The zero-order valence-electron chi connectivity index (χ0n) is 15.9. The Morgan fingerprint density at radius 2 is 1.82 bits per heavy atom. The lowest BCUT2D eigenvalue weighted by Gasteiger charge is -2.08. The zero-order valence-corrected chi connectivity index (χ0v) is 15.9. The highest BCUT2D eigenvalue weighted by Gasteiger charge is 2.08. The van der Waals surface area contributed by atoms with Crippen molar-refractivity contribution in [3.63, 3.8) is 0 Å². The van der Waals surface area contributed by atoms with Gasteiger partial charge in [0.1, 0.15) is 11.4 Å². The summed E-state index contributed by atoms with van der Waals surface area (Å²) in [7, 11) is 0. The fourth-order valence-corrected chi connectivity index (χ4v) is 2.71. The Kier molecular flexibility index (Phi) is 6.95. The third-order valence-corrected chi connectivity index (χ3v) is 4.08. The van der Waals surface area contributed by atoms with Crippen LogP contribution in [0.2, 0.25) is 0 Å². The molecule has 0 unspecified atom stereocenters. The van der Waals surface area contributed by atoms with Gasteiger partial charge in [0, 0.05) is 18.4 Å². The van der Waals surface area contributed by atoms with Gasteiger partial charge in [0.2, 0.25) is 5.95 Å².